The number of aliphatic hydroxyl groups excluding tert-OH is 1. The van der Waals surface area contributed by atoms with Gasteiger partial charge in [0, 0.05) is 22.7 Å². The summed E-state index contributed by atoms with van der Waals surface area (Å²) < 4.78 is 0. The second kappa shape index (κ2) is 7.09. The van der Waals surface area contributed by atoms with E-state index in [2.05, 4.69) is 21.8 Å². The number of aliphatic hydroxyl groups is 1. The van der Waals surface area contributed by atoms with Crippen LogP contribution in [0.25, 0.3) is 0 Å². The Hall–Kier alpha value is -1.83. The lowest BCUT2D eigenvalue weighted by Gasteiger charge is -2.03. The van der Waals surface area contributed by atoms with Gasteiger partial charge in [0.05, 0.1) is 0 Å². The minimum atomic E-state index is -0.109. The van der Waals surface area contributed by atoms with Gasteiger partial charge in [0.1, 0.15) is 6.61 Å². The Kier molecular flexibility index (Phi) is 5.16. The Morgan fingerprint density at radius 3 is 2.35 bits per heavy atom. The third-order valence-electron chi connectivity index (χ3n) is 2.60. The first-order valence-electron chi connectivity index (χ1n) is 6.31. The topological polar surface area (TPSA) is 46.0 Å². The monoisotopic (exact) mass is 284 g/mol. The molecule has 0 aliphatic carbocycles. The molecule has 0 saturated carbocycles. The fraction of sp³-hybridized carbons (Fsp3) is 0.250. The van der Waals surface area contributed by atoms with E-state index in [1.54, 1.807) is 11.8 Å². The number of hydrogen-bond acceptors (Lipinski definition) is 4. The average Bonchev–Trinajstić information content (AvgIpc) is 2.43. The smallest absolute Gasteiger partial charge is 0.188 e. The van der Waals surface area contributed by atoms with Crippen LogP contribution in [0.3, 0.4) is 0 Å². The second-order valence-corrected chi connectivity index (χ2v) is 5.32. The van der Waals surface area contributed by atoms with Gasteiger partial charge in [0.25, 0.3) is 0 Å². The Morgan fingerprint density at radius 1 is 1.10 bits per heavy atom. The maximum atomic E-state index is 8.65. The number of rotatable bonds is 3. The van der Waals surface area contributed by atoms with Gasteiger partial charge in [0.15, 0.2) is 5.16 Å². The zero-order valence-corrected chi connectivity index (χ0v) is 12.4. The Bertz CT molecular complexity index is 622. The van der Waals surface area contributed by atoms with Crippen LogP contribution in [-0.4, -0.2) is 21.7 Å². The number of aryl methyl sites for hydroxylation is 2. The van der Waals surface area contributed by atoms with Crippen LogP contribution < -0.4 is 0 Å². The molecule has 0 aliphatic heterocycles. The van der Waals surface area contributed by atoms with Crippen LogP contribution in [0, 0.1) is 25.7 Å². The van der Waals surface area contributed by atoms with Gasteiger partial charge in [-0.1, -0.05) is 35.7 Å². The quantitative estimate of drug-likeness (QED) is 0.535. The average molecular weight is 284 g/mol. The maximum absolute atomic E-state index is 8.65. The zero-order chi connectivity index (χ0) is 14.4. The van der Waals surface area contributed by atoms with E-state index in [1.807, 2.05) is 44.2 Å². The molecule has 2 rings (SSSR count). The van der Waals surface area contributed by atoms with E-state index >= 15 is 0 Å². The van der Waals surface area contributed by atoms with Crippen molar-refractivity contribution >= 4 is 11.8 Å². The van der Waals surface area contributed by atoms with Crippen molar-refractivity contribution in [1.29, 1.82) is 0 Å². The Balaban J connectivity index is 2.00. The molecule has 4 heteroatoms. The molecule has 20 heavy (non-hydrogen) atoms. The van der Waals surface area contributed by atoms with Gasteiger partial charge in [0.2, 0.25) is 0 Å². The van der Waals surface area contributed by atoms with Gasteiger partial charge < -0.3 is 5.11 Å². The summed E-state index contributed by atoms with van der Waals surface area (Å²) in [5, 5.41) is 9.46. The summed E-state index contributed by atoms with van der Waals surface area (Å²) in [6.07, 6.45) is 0. The summed E-state index contributed by atoms with van der Waals surface area (Å²) in [7, 11) is 0. The van der Waals surface area contributed by atoms with E-state index in [1.165, 1.54) is 5.56 Å². The normalized spacial score (nSPS) is 9.95. The fourth-order valence-electron chi connectivity index (χ4n) is 1.73. The molecule has 0 spiro atoms. The molecule has 0 saturated heterocycles. The van der Waals surface area contributed by atoms with Crippen LogP contribution in [0.4, 0.5) is 0 Å². The van der Waals surface area contributed by atoms with Gasteiger partial charge in [-0.2, -0.15) is 0 Å². The van der Waals surface area contributed by atoms with E-state index in [0.29, 0.717) is 0 Å². The molecule has 0 radical (unpaired) electrons. The molecule has 1 aromatic heterocycles. The van der Waals surface area contributed by atoms with Gasteiger partial charge >= 0.3 is 0 Å². The van der Waals surface area contributed by atoms with Crippen LogP contribution in [0.2, 0.25) is 0 Å². The summed E-state index contributed by atoms with van der Waals surface area (Å²) >= 11 is 1.63. The minimum absolute atomic E-state index is 0.109. The number of benzene rings is 1. The van der Waals surface area contributed by atoms with Gasteiger partial charge in [-0.15, -0.1) is 0 Å². The van der Waals surface area contributed by atoms with Crippen molar-refractivity contribution < 1.29 is 5.11 Å². The predicted octanol–water partition coefficient (Wildman–Crippen LogP) is 2.73. The number of thioether (sulfide) groups is 1. The highest BCUT2D eigenvalue weighted by molar-refractivity contribution is 7.98. The van der Waals surface area contributed by atoms with Crippen LogP contribution in [0.1, 0.15) is 22.5 Å². The van der Waals surface area contributed by atoms with E-state index in [-0.39, 0.29) is 6.61 Å². The number of hydrogen-bond donors (Lipinski definition) is 1. The molecule has 2 aromatic rings. The van der Waals surface area contributed by atoms with E-state index in [0.717, 1.165) is 27.9 Å². The SMILES string of the molecule is Cc1cc(C)nc(SCc2ccc(C#CCO)cc2)n1. The van der Waals surface area contributed by atoms with Crippen LogP contribution in [0.5, 0.6) is 0 Å². The summed E-state index contributed by atoms with van der Waals surface area (Å²) in [5.41, 5.74) is 4.10. The summed E-state index contributed by atoms with van der Waals surface area (Å²) in [4.78, 5) is 8.82. The van der Waals surface area contributed by atoms with Crippen LogP contribution in [-0.2, 0) is 5.75 Å². The van der Waals surface area contributed by atoms with E-state index in [4.69, 9.17) is 5.11 Å². The molecule has 102 valence electrons. The lowest BCUT2D eigenvalue weighted by Crippen LogP contribution is -1.93. The Morgan fingerprint density at radius 2 is 1.75 bits per heavy atom. The van der Waals surface area contributed by atoms with E-state index < -0.39 is 0 Å². The lowest BCUT2D eigenvalue weighted by molar-refractivity contribution is 0.350. The number of aromatic nitrogens is 2. The molecule has 0 aliphatic rings. The highest BCUT2D eigenvalue weighted by Gasteiger charge is 2.01. The largest absolute Gasteiger partial charge is 0.384 e. The molecule has 0 bridgehead atoms. The molecule has 3 nitrogen and oxygen atoms in total. The number of nitrogens with zero attached hydrogens (tertiary/aromatic N) is 2. The molecule has 0 atom stereocenters. The van der Waals surface area contributed by atoms with Crippen molar-refractivity contribution in [3.63, 3.8) is 0 Å². The fourth-order valence-corrected chi connectivity index (χ4v) is 2.64. The van der Waals surface area contributed by atoms with Gasteiger partial charge in [-0.05, 0) is 37.6 Å². The molecule has 1 aromatic carbocycles. The molecule has 0 unspecified atom stereocenters. The van der Waals surface area contributed by atoms with Crippen LogP contribution >= 0.6 is 11.8 Å². The zero-order valence-electron chi connectivity index (χ0n) is 11.6. The molecule has 0 fully saturated rings. The van der Waals surface area contributed by atoms with Gasteiger partial charge in [-0.25, -0.2) is 9.97 Å². The first kappa shape index (κ1) is 14.6. The minimum Gasteiger partial charge on any atom is -0.384 e. The highest BCUT2D eigenvalue weighted by atomic mass is 32.2. The molecule has 0 amide bonds. The van der Waals surface area contributed by atoms with Crippen molar-refractivity contribution in [2.45, 2.75) is 24.8 Å². The molecular weight excluding hydrogens is 268 g/mol. The van der Waals surface area contributed by atoms with E-state index in [9.17, 15) is 0 Å². The first-order chi connectivity index (χ1) is 9.67. The second-order valence-electron chi connectivity index (χ2n) is 4.38. The summed E-state index contributed by atoms with van der Waals surface area (Å²) in [6, 6.07) is 9.97. The first-order valence-corrected chi connectivity index (χ1v) is 7.29. The third-order valence-corrected chi connectivity index (χ3v) is 3.51. The van der Waals surface area contributed by atoms with Gasteiger partial charge in [-0.3, -0.25) is 0 Å². The molecular formula is C16H16N2OS. The predicted molar refractivity (Wildman–Crippen MR) is 81.5 cm³/mol. The molecule has 1 heterocycles. The standard InChI is InChI=1S/C16H16N2OS/c1-12-10-13(2)18-16(17-12)20-11-15-7-5-14(6-8-15)4-3-9-19/h5-8,10,19H,9,11H2,1-2H3. The van der Waals surface area contributed by atoms with Crippen molar-refractivity contribution in [2.24, 2.45) is 0 Å². The van der Waals surface area contributed by atoms with Crippen LogP contribution in [0.15, 0.2) is 35.5 Å². The lowest BCUT2D eigenvalue weighted by atomic mass is 10.1. The summed E-state index contributed by atoms with van der Waals surface area (Å²) in [6.45, 7) is 3.85. The van der Waals surface area contributed by atoms with Crippen molar-refractivity contribution in [3.05, 3.63) is 52.8 Å². The summed E-state index contributed by atoms with van der Waals surface area (Å²) in [5.74, 6) is 6.34. The van der Waals surface area contributed by atoms with Crippen molar-refractivity contribution in [1.82, 2.24) is 9.97 Å². The molecule has 1 N–H and O–H groups in total. The third kappa shape index (κ3) is 4.37. The van der Waals surface area contributed by atoms with Crippen molar-refractivity contribution in [3.8, 4) is 11.8 Å². The highest BCUT2D eigenvalue weighted by Crippen LogP contribution is 2.20. The Labute approximate surface area is 123 Å². The maximum Gasteiger partial charge on any atom is 0.188 e. The van der Waals surface area contributed by atoms with Crippen molar-refractivity contribution in [2.75, 3.05) is 6.61 Å².